The van der Waals surface area contributed by atoms with Crippen molar-refractivity contribution >= 4 is 10.0 Å². The van der Waals surface area contributed by atoms with Gasteiger partial charge in [0.25, 0.3) is 10.0 Å². The average molecular weight is 272 g/mol. The van der Waals surface area contributed by atoms with Gasteiger partial charge in [-0.15, -0.1) is 0 Å². The standard InChI is InChI=1S/C12H20N2O3S/c1-3-13-8-11-4-5-12(17-11)18(15,16)14-10-6-9(2)7-10/h4-5,9-10,13-14H,3,6-8H2,1-2H3. The van der Waals surface area contributed by atoms with Crippen LogP contribution in [0.4, 0.5) is 0 Å². The van der Waals surface area contributed by atoms with Crippen molar-refractivity contribution in [3.8, 4) is 0 Å². The maximum atomic E-state index is 12.0. The Labute approximate surface area is 108 Å². The molecule has 0 radical (unpaired) electrons. The molecule has 0 amide bonds. The molecular weight excluding hydrogens is 252 g/mol. The number of rotatable bonds is 6. The van der Waals surface area contributed by atoms with E-state index in [-0.39, 0.29) is 11.1 Å². The van der Waals surface area contributed by atoms with Crippen molar-refractivity contribution in [3.05, 3.63) is 17.9 Å². The minimum atomic E-state index is -3.49. The average Bonchev–Trinajstić information content (AvgIpc) is 2.73. The summed E-state index contributed by atoms with van der Waals surface area (Å²) in [5.41, 5.74) is 0. The summed E-state index contributed by atoms with van der Waals surface area (Å²) in [5, 5.41) is 3.10. The molecule has 0 aliphatic heterocycles. The van der Waals surface area contributed by atoms with Gasteiger partial charge in [0, 0.05) is 6.04 Å². The highest BCUT2D eigenvalue weighted by molar-refractivity contribution is 7.89. The van der Waals surface area contributed by atoms with Gasteiger partial charge in [-0.25, -0.2) is 13.1 Å². The van der Waals surface area contributed by atoms with Crippen LogP contribution < -0.4 is 10.0 Å². The Morgan fingerprint density at radius 3 is 2.72 bits per heavy atom. The third-order valence-electron chi connectivity index (χ3n) is 3.15. The molecule has 2 rings (SSSR count). The van der Waals surface area contributed by atoms with E-state index in [4.69, 9.17) is 4.42 Å². The summed E-state index contributed by atoms with van der Waals surface area (Å²) in [7, 11) is -3.49. The largest absolute Gasteiger partial charge is 0.447 e. The van der Waals surface area contributed by atoms with E-state index in [1.54, 1.807) is 6.07 Å². The van der Waals surface area contributed by atoms with E-state index in [2.05, 4.69) is 17.0 Å². The van der Waals surface area contributed by atoms with Crippen LogP contribution in [0.3, 0.4) is 0 Å². The molecule has 0 aromatic carbocycles. The van der Waals surface area contributed by atoms with Gasteiger partial charge < -0.3 is 9.73 Å². The van der Waals surface area contributed by atoms with Crippen LogP contribution in [0, 0.1) is 5.92 Å². The zero-order valence-corrected chi connectivity index (χ0v) is 11.6. The molecule has 5 nitrogen and oxygen atoms in total. The molecule has 1 aromatic heterocycles. The molecule has 0 bridgehead atoms. The summed E-state index contributed by atoms with van der Waals surface area (Å²) in [6.07, 6.45) is 1.81. The summed E-state index contributed by atoms with van der Waals surface area (Å²) < 4.78 is 32.0. The van der Waals surface area contributed by atoms with Crippen molar-refractivity contribution in [1.29, 1.82) is 0 Å². The van der Waals surface area contributed by atoms with E-state index in [0.29, 0.717) is 18.2 Å². The highest BCUT2D eigenvalue weighted by Crippen LogP contribution is 2.28. The van der Waals surface area contributed by atoms with Gasteiger partial charge in [0.2, 0.25) is 5.09 Å². The summed E-state index contributed by atoms with van der Waals surface area (Å²) in [6, 6.07) is 3.27. The van der Waals surface area contributed by atoms with Crippen LogP contribution >= 0.6 is 0 Å². The second kappa shape index (κ2) is 5.42. The molecule has 6 heteroatoms. The Kier molecular flexibility index (Phi) is 4.09. The van der Waals surface area contributed by atoms with Crippen molar-refractivity contribution in [3.63, 3.8) is 0 Å². The van der Waals surface area contributed by atoms with E-state index in [0.717, 1.165) is 19.4 Å². The summed E-state index contributed by atoms with van der Waals surface area (Å²) in [6.45, 7) is 5.47. The zero-order chi connectivity index (χ0) is 13.2. The smallest absolute Gasteiger partial charge is 0.274 e. The number of furan rings is 1. The molecule has 1 aliphatic carbocycles. The Bertz CT molecular complexity index is 489. The fraction of sp³-hybridized carbons (Fsp3) is 0.667. The van der Waals surface area contributed by atoms with Crippen molar-refractivity contribution in [2.45, 2.75) is 44.4 Å². The Morgan fingerprint density at radius 2 is 2.11 bits per heavy atom. The monoisotopic (exact) mass is 272 g/mol. The van der Waals surface area contributed by atoms with E-state index in [1.165, 1.54) is 6.07 Å². The van der Waals surface area contributed by atoms with Crippen LogP contribution in [0.25, 0.3) is 0 Å². The molecule has 0 saturated heterocycles. The number of hydrogen-bond acceptors (Lipinski definition) is 4. The lowest BCUT2D eigenvalue weighted by atomic mass is 9.83. The predicted molar refractivity (Wildman–Crippen MR) is 68.6 cm³/mol. The second-order valence-electron chi connectivity index (χ2n) is 4.90. The van der Waals surface area contributed by atoms with Crippen molar-refractivity contribution < 1.29 is 12.8 Å². The minimum absolute atomic E-state index is 0.00922. The Morgan fingerprint density at radius 1 is 1.39 bits per heavy atom. The van der Waals surface area contributed by atoms with Gasteiger partial charge in [0.15, 0.2) is 0 Å². The van der Waals surface area contributed by atoms with Crippen LogP contribution in [0.2, 0.25) is 0 Å². The first-order valence-corrected chi connectivity index (χ1v) is 7.81. The molecule has 0 atom stereocenters. The lowest BCUT2D eigenvalue weighted by molar-refractivity contribution is 0.268. The van der Waals surface area contributed by atoms with Gasteiger partial charge in [0.1, 0.15) is 5.76 Å². The molecule has 1 saturated carbocycles. The first kappa shape index (κ1) is 13.6. The number of nitrogens with one attached hydrogen (secondary N) is 2. The van der Waals surface area contributed by atoms with Gasteiger partial charge in [-0.05, 0) is 37.4 Å². The SMILES string of the molecule is CCNCc1ccc(S(=O)(=O)NC2CC(C)C2)o1. The molecule has 1 aromatic rings. The maximum absolute atomic E-state index is 12.0. The van der Waals surface area contributed by atoms with E-state index < -0.39 is 10.0 Å². The third kappa shape index (κ3) is 3.13. The Balaban J connectivity index is 1.98. The first-order chi connectivity index (χ1) is 8.51. The quantitative estimate of drug-likeness (QED) is 0.822. The zero-order valence-electron chi connectivity index (χ0n) is 10.8. The lowest BCUT2D eigenvalue weighted by Crippen LogP contribution is -2.43. The number of hydrogen-bond donors (Lipinski definition) is 2. The summed E-state index contributed by atoms with van der Waals surface area (Å²) in [5.74, 6) is 1.25. The normalized spacial score (nSPS) is 23.9. The van der Waals surface area contributed by atoms with Crippen molar-refractivity contribution in [2.24, 2.45) is 5.92 Å². The second-order valence-corrected chi connectivity index (χ2v) is 6.54. The molecular formula is C12H20N2O3S. The van der Waals surface area contributed by atoms with Crippen LogP contribution in [0.1, 0.15) is 32.4 Å². The molecule has 0 spiro atoms. The number of sulfonamides is 1. The van der Waals surface area contributed by atoms with Crippen molar-refractivity contribution in [2.75, 3.05) is 6.54 Å². The predicted octanol–water partition coefficient (Wildman–Crippen LogP) is 1.47. The van der Waals surface area contributed by atoms with Crippen LogP contribution in [0.5, 0.6) is 0 Å². The minimum Gasteiger partial charge on any atom is -0.447 e. The third-order valence-corrected chi connectivity index (χ3v) is 4.54. The molecule has 1 aliphatic rings. The molecule has 1 fully saturated rings. The van der Waals surface area contributed by atoms with E-state index in [9.17, 15) is 8.42 Å². The highest BCUT2D eigenvalue weighted by atomic mass is 32.2. The van der Waals surface area contributed by atoms with Crippen LogP contribution in [-0.2, 0) is 16.6 Å². The van der Waals surface area contributed by atoms with Gasteiger partial charge in [-0.2, -0.15) is 0 Å². The molecule has 102 valence electrons. The maximum Gasteiger partial charge on any atom is 0.274 e. The highest BCUT2D eigenvalue weighted by Gasteiger charge is 2.31. The molecule has 1 heterocycles. The van der Waals surface area contributed by atoms with Gasteiger partial charge >= 0.3 is 0 Å². The molecule has 2 N–H and O–H groups in total. The molecule has 0 unspecified atom stereocenters. The Hall–Kier alpha value is -0.850. The fourth-order valence-corrected chi connectivity index (χ4v) is 3.33. The lowest BCUT2D eigenvalue weighted by Gasteiger charge is -2.32. The van der Waals surface area contributed by atoms with Gasteiger partial charge in [-0.3, -0.25) is 0 Å². The van der Waals surface area contributed by atoms with Crippen LogP contribution in [0.15, 0.2) is 21.6 Å². The fourth-order valence-electron chi connectivity index (χ4n) is 2.12. The van der Waals surface area contributed by atoms with E-state index in [1.807, 2.05) is 6.92 Å². The van der Waals surface area contributed by atoms with Crippen LogP contribution in [-0.4, -0.2) is 21.0 Å². The molecule has 18 heavy (non-hydrogen) atoms. The van der Waals surface area contributed by atoms with Crippen molar-refractivity contribution in [1.82, 2.24) is 10.0 Å². The summed E-state index contributed by atoms with van der Waals surface area (Å²) in [4.78, 5) is 0. The van der Waals surface area contributed by atoms with E-state index >= 15 is 0 Å². The first-order valence-electron chi connectivity index (χ1n) is 6.33. The topological polar surface area (TPSA) is 71.3 Å². The van der Waals surface area contributed by atoms with Gasteiger partial charge in [-0.1, -0.05) is 13.8 Å². The summed E-state index contributed by atoms with van der Waals surface area (Å²) >= 11 is 0. The van der Waals surface area contributed by atoms with Gasteiger partial charge in [0.05, 0.1) is 6.54 Å².